The summed E-state index contributed by atoms with van der Waals surface area (Å²) in [6.45, 7) is 11.1. The first-order valence-electron chi connectivity index (χ1n) is 11.3. The molecule has 1 aliphatic rings. The molecule has 0 saturated carbocycles. The Bertz CT molecular complexity index is 803. The van der Waals surface area contributed by atoms with E-state index in [2.05, 4.69) is 80.7 Å². The van der Waals surface area contributed by atoms with Crippen LogP contribution >= 0.6 is 0 Å². The van der Waals surface area contributed by atoms with Gasteiger partial charge in [-0.3, -0.25) is 9.89 Å². The van der Waals surface area contributed by atoms with Gasteiger partial charge in [-0.05, 0) is 24.7 Å². The molecule has 1 fully saturated rings. The molecular formula is C24H36N6O. The number of nitrogens with zero attached hydrogens (tertiary/aromatic N) is 4. The molecule has 1 atom stereocenters. The number of aliphatic imine (C=N–C) groups is 1. The first kappa shape index (κ1) is 23.0. The van der Waals surface area contributed by atoms with Gasteiger partial charge in [0.2, 0.25) is 0 Å². The van der Waals surface area contributed by atoms with Crippen molar-refractivity contribution < 1.29 is 4.74 Å². The van der Waals surface area contributed by atoms with Crippen LogP contribution in [0.15, 0.2) is 53.7 Å². The van der Waals surface area contributed by atoms with E-state index in [0.717, 1.165) is 63.3 Å². The fraction of sp³-hybridized carbons (Fsp3) is 0.500. The number of benzene rings is 1. The number of rotatable bonds is 9. The van der Waals surface area contributed by atoms with Crippen molar-refractivity contribution in [3.05, 3.63) is 59.8 Å². The second kappa shape index (κ2) is 12.3. The van der Waals surface area contributed by atoms with Crippen molar-refractivity contribution in [2.45, 2.75) is 26.4 Å². The summed E-state index contributed by atoms with van der Waals surface area (Å²) in [5.41, 5.74) is 2.48. The number of aromatic nitrogens is 1. The minimum atomic E-state index is 0.289. The molecule has 1 saturated heterocycles. The van der Waals surface area contributed by atoms with Crippen molar-refractivity contribution in [1.29, 1.82) is 0 Å². The van der Waals surface area contributed by atoms with Gasteiger partial charge in [0, 0.05) is 45.0 Å². The molecule has 168 valence electrons. The van der Waals surface area contributed by atoms with Gasteiger partial charge in [-0.15, -0.1) is 0 Å². The van der Waals surface area contributed by atoms with Crippen LogP contribution in [-0.4, -0.2) is 68.8 Å². The van der Waals surface area contributed by atoms with Gasteiger partial charge in [-0.25, -0.2) is 4.98 Å². The summed E-state index contributed by atoms with van der Waals surface area (Å²) >= 11 is 0. The number of nitrogens with one attached hydrogen (secondary N) is 2. The molecule has 1 aromatic carbocycles. The average Bonchev–Trinajstić information content (AvgIpc) is 2.84. The van der Waals surface area contributed by atoms with Crippen LogP contribution in [0.25, 0.3) is 0 Å². The highest BCUT2D eigenvalue weighted by Crippen LogP contribution is 2.20. The number of pyridine rings is 1. The molecule has 2 heterocycles. The monoisotopic (exact) mass is 424 g/mol. The number of hydrogen-bond acceptors (Lipinski definition) is 5. The van der Waals surface area contributed by atoms with E-state index in [4.69, 9.17) is 4.74 Å². The number of anilines is 1. The maximum absolute atomic E-state index is 5.49. The Morgan fingerprint density at radius 3 is 2.52 bits per heavy atom. The molecule has 1 unspecified atom stereocenters. The lowest BCUT2D eigenvalue weighted by atomic mass is 10.1. The van der Waals surface area contributed by atoms with Crippen LogP contribution in [0.5, 0.6) is 0 Å². The highest BCUT2D eigenvalue weighted by Gasteiger charge is 2.19. The van der Waals surface area contributed by atoms with Gasteiger partial charge in [0.15, 0.2) is 5.96 Å². The van der Waals surface area contributed by atoms with E-state index in [9.17, 15) is 0 Å². The van der Waals surface area contributed by atoms with Crippen LogP contribution in [0.1, 0.15) is 31.0 Å². The number of likely N-dealkylation sites (N-methyl/N-ethyl adjacent to an activating group) is 1. The summed E-state index contributed by atoms with van der Waals surface area (Å²) in [6.07, 6.45) is 1.86. The molecule has 1 aromatic heterocycles. The van der Waals surface area contributed by atoms with Crippen LogP contribution < -0.4 is 15.5 Å². The molecule has 2 aromatic rings. The number of ether oxygens (including phenoxy) is 1. The molecule has 1 aliphatic heterocycles. The van der Waals surface area contributed by atoms with E-state index >= 15 is 0 Å². The van der Waals surface area contributed by atoms with Crippen molar-refractivity contribution in [1.82, 2.24) is 20.5 Å². The van der Waals surface area contributed by atoms with Crippen LogP contribution in [0, 0.1) is 0 Å². The minimum absolute atomic E-state index is 0.289. The lowest BCUT2D eigenvalue weighted by Gasteiger charge is -2.31. The summed E-state index contributed by atoms with van der Waals surface area (Å²) in [5.74, 6) is 1.82. The molecular weight excluding hydrogens is 388 g/mol. The average molecular weight is 425 g/mol. The van der Waals surface area contributed by atoms with Crippen molar-refractivity contribution in [2.24, 2.45) is 4.99 Å². The molecule has 7 nitrogen and oxygen atoms in total. The van der Waals surface area contributed by atoms with E-state index in [1.54, 1.807) is 0 Å². The molecule has 7 heteroatoms. The second-order valence-corrected chi connectivity index (χ2v) is 7.54. The summed E-state index contributed by atoms with van der Waals surface area (Å²) in [5, 5.41) is 7.00. The van der Waals surface area contributed by atoms with Gasteiger partial charge in [-0.1, -0.05) is 50.2 Å². The van der Waals surface area contributed by atoms with Gasteiger partial charge >= 0.3 is 0 Å². The molecule has 0 amide bonds. The Kier molecular flexibility index (Phi) is 9.12. The minimum Gasteiger partial charge on any atom is -0.378 e. The molecule has 3 rings (SSSR count). The lowest BCUT2D eigenvalue weighted by Crippen LogP contribution is -2.43. The van der Waals surface area contributed by atoms with Crippen molar-refractivity contribution in [2.75, 3.05) is 57.9 Å². The van der Waals surface area contributed by atoms with Gasteiger partial charge in [0.05, 0.1) is 19.3 Å². The van der Waals surface area contributed by atoms with Crippen LogP contribution in [0.4, 0.5) is 5.82 Å². The van der Waals surface area contributed by atoms with E-state index in [1.807, 2.05) is 19.3 Å². The molecule has 31 heavy (non-hydrogen) atoms. The van der Waals surface area contributed by atoms with E-state index in [-0.39, 0.29) is 6.04 Å². The fourth-order valence-corrected chi connectivity index (χ4v) is 4.02. The third-order valence-electron chi connectivity index (χ3n) is 5.75. The zero-order valence-corrected chi connectivity index (χ0v) is 19.1. The zero-order valence-electron chi connectivity index (χ0n) is 19.1. The molecule has 2 N–H and O–H groups in total. The Labute approximate surface area is 186 Å². The zero-order chi connectivity index (χ0) is 21.9. The molecule has 0 aliphatic carbocycles. The SMILES string of the molecule is CCN(CC)C(CNC(=NC)NCc1cccnc1N1CCOCC1)c1ccccc1. The van der Waals surface area contributed by atoms with Crippen molar-refractivity contribution >= 4 is 11.8 Å². The largest absolute Gasteiger partial charge is 0.378 e. The maximum atomic E-state index is 5.49. The highest BCUT2D eigenvalue weighted by molar-refractivity contribution is 5.79. The summed E-state index contributed by atoms with van der Waals surface area (Å²) < 4.78 is 5.49. The summed E-state index contributed by atoms with van der Waals surface area (Å²) in [4.78, 5) is 13.8. The maximum Gasteiger partial charge on any atom is 0.191 e. The molecule has 0 bridgehead atoms. The first-order valence-corrected chi connectivity index (χ1v) is 11.3. The standard InChI is InChI=1S/C24H36N6O/c1-4-29(5-2)22(20-10-7-6-8-11-20)19-28-24(25-3)27-18-21-12-9-13-26-23(21)30-14-16-31-17-15-30/h6-13,22H,4-5,14-19H2,1-3H3,(H2,25,27,28). The van der Waals surface area contributed by atoms with Gasteiger partial charge in [-0.2, -0.15) is 0 Å². The topological polar surface area (TPSA) is 65.0 Å². The third-order valence-corrected chi connectivity index (χ3v) is 5.75. The van der Waals surface area contributed by atoms with Crippen LogP contribution in [0.2, 0.25) is 0 Å². The fourth-order valence-electron chi connectivity index (χ4n) is 4.02. The summed E-state index contributed by atoms with van der Waals surface area (Å²) in [7, 11) is 1.82. The smallest absolute Gasteiger partial charge is 0.191 e. The quantitative estimate of drug-likeness (QED) is 0.477. The molecule has 0 radical (unpaired) electrons. The highest BCUT2D eigenvalue weighted by atomic mass is 16.5. The van der Waals surface area contributed by atoms with Gasteiger partial charge in [0.1, 0.15) is 5.82 Å². The predicted molar refractivity (Wildman–Crippen MR) is 128 cm³/mol. The first-order chi connectivity index (χ1) is 15.3. The Morgan fingerprint density at radius 2 is 1.84 bits per heavy atom. The second-order valence-electron chi connectivity index (χ2n) is 7.54. The van der Waals surface area contributed by atoms with Crippen LogP contribution in [-0.2, 0) is 11.3 Å². The normalized spacial score (nSPS) is 15.7. The number of morpholine rings is 1. The van der Waals surface area contributed by atoms with E-state index < -0.39 is 0 Å². The predicted octanol–water partition coefficient (Wildman–Crippen LogP) is 2.67. The van der Waals surface area contributed by atoms with Gasteiger partial charge in [0.25, 0.3) is 0 Å². The van der Waals surface area contributed by atoms with Crippen LogP contribution in [0.3, 0.4) is 0 Å². The van der Waals surface area contributed by atoms with Crippen molar-refractivity contribution in [3.8, 4) is 0 Å². The third kappa shape index (κ3) is 6.42. The Hall–Kier alpha value is -2.64. The van der Waals surface area contributed by atoms with E-state index in [0.29, 0.717) is 6.54 Å². The molecule has 0 spiro atoms. The number of guanidine groups is 1. The van der Waals surface area contributed by atoms with E-state index in [1.165, 1.54) is 5.56 Å². The lowest BCUT2D eigenvalue weighted by molar-refractivity contribution is 0.122. The number of hydrogen-bond donors (Lipinski definition) is 2. The summed E-state index contributed by atoms with van der Waals surface area (Å²) in [6, 6.07) is 15.1. The Morgan fingerprint density at radius 1 is 1.10 bits per heavy atom. The van der Waals surface area contributed by atoms with Gasteiger partial charge < -0.3 is 20.3 Å². The van der Waals surface area contributed by atoms with Crippen molar-refractivity contribution in [3.63, 3.8) is 0 Å². The Balaban J connectivity index is 1.63.